The first-order chi connectivity index (χ1) is 5.90. The van der Waals surface area contributed by atoms with Gasteiger partial charge in [-0.1, -0.05) is 4.68 Å². The van der Waals surface area contributed by atoms with E-state index < -0.39 is 0 Å². The molecule has 0 N–H and O–H groups in total. The van der Waals surface area contributed by atoms with Gasteiger partial charge in [0, 0.05) is 10.9 Å². The summed E-state index contributed by atoms with van der Waals surface area (Å²) >= 11 is 0. The second-order valence-electron chi connectivity index (χ2n) is 4.47. The molecule has 0 saturated carbocycles. The molecule has 1 aromatic rings. The summed E-state index contributed by atoms with van der Waals surface area (Å²) in [7, 11) is 0. The largest absolute Gasteiger partial charge is 0.363 e. The molecule has 0 aliphatic rings. The molecule has 1 rings (SSSR count). The van der Waals surface area contributed by atoms with E-state index in [0.29, 0.717) is 6.04 Å². The van der Waals surface area contributed by atoms with Crippen LogP contribution in [0.3, 0.4) is 0 Å². The van der Waals surface area contributed by atoms with Gasteiger partial charge in [-0.15, -0.1) is 0 Å². The van der Waals surface area contributed by atoms with Crippen LogP contribution in [0.25, 0.3) is 0 Å². The van der Waals surface area contributed by atoms with Crippen molar-refractivity contribution < 1.29 is 9.52 Å². The van der Waals surface area contributed by atoms with Gasteiger partial charge < -0.3 is 4.84 Å². The molecule has 0 aliphatic heterocycles. The molecule has 1 heterocycles. The van der Waals surface area contributed by atoms with Crippen LogP contribution in [0.5, 0.6) is 0 Å². The Morgan fingerprint density at radius 2 is 1.92 bits per heavy atom. The van der Waals surface area contributed by atoms with E-state index in [4.69, 9.17) is 4.84 Å². The van der Waals surface area contributed by atoms with Crippen LogP contribution in [0.4, 0.5) is 0 Å². The Hall–Kier alpha value is -0.990. The van der Waals surface area contributed by atoms with Gasteiger partial charge in [-0.2, -0.15) is 0 Å². The Morgan fingerprint density at radius 1 is 1.31 bits per heavy atom. The lowest BCUT2D eigenvalue weighted by molar-refractivity contribution is -0.817. The fourth-order valence-corrected chi connectivity index (χ4v) is 1.10. The number of hydrogen-bond acceptors (Lipinski definition) is 1. The first kappa shape index (κ1) is 10.1. The van der Waals surface area contributed by atoms with Crippen molar-refractivity contribution in [2.45, 2.75) is 46.3 Å². The van der Waals surface area contributed by atoms with E-state index in [1.165, 1.54) is 0 Å². The van der Waals surface area contributed by atoms with Crippen molar-refractivity contribution >= 4 is 0 Å². The standard InChI is InChI=1S/C10H19N2O/c1-9(2)11-7-6-8-12(11)13-10(3,4)5/h6-9H,1-5H3/q+1. The zero-order valence-corrected chi connectivity index (χ0v) is 9.11. The number of nitrogens with zero attached hydrogens (tertiary/aromatic N) is 2. The maximum absolute atomic E-state index is 5.71. The predicted molar refractivity (Wildman–Crippen MR) is 51.3 cm³/mol. The molecule has 13 heavy (non-hydrogen) atoms. The summed E-state index contributed by atoms with van der Waals surface area (Å²) in [6.07, 6.45) is 3.93. The van der Waals surface area contributed by atoms with Gasteiger partial charge >= 0.3 is 0 Å². The third-order valence-electron chi connectivity index (χ3n) is 1.58. The van der Waals surface area contributed by atoms with E-state index in [2.05, 4.69) is 13.8 Å². The number of rotatable bonds is 2. The van der Waals surface area contributed by atoms with E-state index >= 15 is 0 Å². The van der Waals surface area contributed by atoms with Crippen LogP contribution in [0.2, 0.25) is 0 Å². The molecule has 0 spiro atoms. The molecule has 0 radical (unpaired) electrons. The fraction of sp³-hybridized carbons (Fsp3) is 0.700. The van der Waals surface area contributed by atoms with Crippen molar-refractivity contribution in [3.8, 4) is 0 Å². The van der Waals surface area contributed by atoms with E-state index in [9.17, 15) is 0 Å². The van der Waals surface area contributed by atoms with Gasteiger partial charge in [0.05, 0.1) is 0 Å². The highest BCUT2D eigenvalue weighted by atomic mass is 16.7. The Bertz CT molecular complexity index is 271. The zero-order chi connectivity index (χ0) is 10.1. The molecule has 0 saturated heterocycles. The van der Waals surface area contributed by atoms with Gasteiger partial charge in [-0.3, -0.25) is 0 Å². The quantitative estimate of drug-likeness (QED) is 0.637. The minimum absolute atomic E-state index is 0.157. The molecule has 3 heteroatoms. The Kier molecular flexibility index (Phi) is 2.64. The Labute approximate surface area is 79.9 Å². The summed E-state index contributed by atoms with van der Waals surface area (Å²) in [5, 5.41) is 0. The molecule has 0 fully saturated rings. The Balaban J connectivity index is 2.83. The molecule has 0 unspecified atom stereocenters. The van der Waals surface area contributed by atoms with Crippen molar-refractivity contribution in [2.24, 2.45) is 0 Å². The molecule has 0 atom stereocenters. The predicted octanol–water partition coefficient (Wildman–Crippen LogP) is 1.58. The van der Waals surface area contributed by atoms with E-state index in [-0.39, 0.29) is 5.60 Å². The zero-order valence-electron chi connectivity index (χ0n) is 9.11. The second kappa shape index (κ2) is 3.40. The smallest absolute Gasteiger partial charge is 0.199 e. The van der Waals surface area contributed by atoms with Gasteiger partial charge in [-0.05, 0) is 34.6 Å². The van der Waals surface area contributed by atoms with Gasteiger partial charge in [0.25, 0.3) is 0 Å². The average Bonchev–Trinajstić information content (AvgIpc) is 2.31. The third kappa shape index (κ3) is 2.76. The normalized spacial score (nSPS) is 12.2. The summed E-state index contributed by atoms with van der Waals surface area (Å²) < 4.78 is 2.05. The molecule has 0 aliphatic carbocycles. The summed E-state index contributed by atoms with van der Waals surface area (Å²) in [6.45, 7) is 10.4. The third-order valence-corrected chi connectivity index (χ3v) is 1.58. The molecule has 0 bridgehead atoms. The summed E-state index contributed by atoms with van der Waals surface area (Å²) in [5.74, 6) is 0. The Morgan fingerprint density at radius 3 is 2.38 bits per heavy atom. The van der Waals surface area contributed by atoms with Crippen molar-refractivity contribution in [1.82, 2.24) is 4.85 Å². The molecule has 1 aromatic heterocycles. The van der Waals surface area contributed by atoms with Crippen molar-refractivity contribution in [1.29, 1.82) is 0 Å². The highest BCUT2D eigenvalue weighted by molar-refractivity contribution is 4.71. The van der Waals surface area contributed by atoms with Crippen LogP contribution in [0, 0.1) is 0 Å². The fourth-order valence-electron chi connectivity index (χ4n) is 1.10. The van der Waals surface area contributed by atoms with Gasteiger partial charge in [0.1, 0.15) is 11.8 Å². The van der Waals surface area contributed by atoms with Gasteiger partial charge in [0.2, 0.25) is 0 Å². The summed E-state index contributed by atoms with van der Waals surface area (Å²) in [5.41, 5.74) is -0.157. The van der Waals surface area contributed by atoms with Crippen molar-refractivity contribution in [2.75, 3.05) is 0 Å². The van der Waals surface area contributed by atoms with E-state index in [1.807, 2.05) is 43.9 Å². The average molecular weight is 183 g/mol. The van der Waals surface area contributed by atoms with E-state index in [1.54, 1.807) is 4.85 Å². The molecular weight excluding hydrogens is 164 g/mol. The maximum atomic E-state index is 5.71. The molecular formula is C10H19N2O+. The lowest BCUT2D eigenvalue weighted by Crippen LogP contribution is -2.50. The highest BCUT2D eigenvalue weighted by Crippen LogP contribution is 2.02. The lowest BCUT2D eigenvalue weighted by atomic mass is 10.2. The van der Waals surface area contributed by atoms with E-state index in [0.717, 1.165) is 0 Å². The lowest BCUT2D eigenvalue weighted by Gasteiger charge is -2.19. The minimum Gasteiger partial charge on any atom is -0.363 e. The van der Waals surface area contributed by atoms with Crippen LogP contribution in [-0.4, -0.2) is 10.4 Å². The first-order valence-corrected chi connectivity index (χ1v) is 4.68. The topological polar surface area (TPSA) is 18.0 Å². The van der Waals surface area contributed by atoms with Crippen LogP contribution in [0.1, 0.15) is 40.7 Å². The minimum atomic E-state index is -0.157. The first-order valence-electron chi connectivity index (χ1n) is 4.68. The summed E-state index contributed by atoms with van der Waals surface area (Å²) in [4.78, 5) is 7.50. The molecule has 3 nitrogen and oxygen atoms in total. The second-order valence-corrected chi connectivity index (χ2v) is 4.47. The van der Waals surface area contributed by atoms with Crippen molar-refractivity contribution in [3.63, 3.8) is 0 Å². The molecule has 0 amide bonds. The number of hydrogen-bond donors (Lipinski definition) is 0. The monoisotopic (exact) mass is 183 g/mol. The highest BCUT2D eigenvalue weighted by Gasteiger charge is 2.19. The summed E-state index contributed by atoms with van der Waals surface area (Å²) in [6, 6.07) is 2.39. The number of aromatic nitrogens is 2. The molecule has 74 valence electrons. The van der Waals surface area contributed by atoms with Crippen molar-refractivity contribution in [3.05, 3.63) is 18.5 Å². The maximum Gasteiger partial charge on any atom is 0.199 e. The molecule has 0 aromatic carbocycles. The SMILES string of the molecule is CC(C)[n+]1cccn1OC(C)(C)C. The van der Waals surface area contributed by atoms with Gasteiger partial charge in [-0.25, -0.2) is 0 Å². The van der Waals surface area contributed by atoms with Crippen LogP contribution in [0.15, 0.2) is 18.5 Å². The van der Waals surface area contributed by atoms with Crippen LogP contribution >= 0.6 is 0 Å². The van der Waals surface area contributed by atoms with Gasteiger partial charge in [0.15, 0.2) is 12.2 Å². The van der Waals surface area contributed by atoms with Crippen LogP contribution in [-0.2, 0) is 0 Å². The van der Waals surface area contributed by atoms with Crippen LogP contribution < -0.4 is 9.52 Å².